The van der Waals surface area contributed by atoms with Gasteiger partial charge in [-0.2, -0.15) is 0 Å². The number of hydrogen-bond donors (Lipinski definition) is 2. The molecule has 5 nitrogen and oxygen atoms in total. The van der Waals surface area contributed by atoms with Gasteiger partial charge in [-0.25, -0.2) is 0 Å². The summed E-state index contributed by atoms with van der Waals surface area (Å²) < 4.78 is 0. The first kappa shape index (κ1) is 18.2. The maximum absolute atomic E-state index is 12.5. The molecule has 3 rings (SSSR count). The van der Waals surface area contributed by atoms with Gasteiger partial charge in [0.25, 0.3) is 5.91 Å². The molecule has 0 bridgehead atoms. The molecular weight excluding hydrogens is 373 g/mol. The number of nitrogens with zero attached hydrogens (tertiary/aromatic N) is 1. The monoisotopic (exact) mass is 387 g/mol. The van der Waals surface area contributed by atoms with Crippen LogP contribution >= 0.6 is 23.2 Å². The fourth-order valence-corrected chi connectivity index (χ4v) is 3.05. The number of rotatable bonds is 5. The van der Waals surface area contributed by atoms with Gasteiger partial charge in [0.15, 0.2) is 0 Å². The molecule has 3 aromatic rings. The van der Waals surface area contributed by atoms with E-state index < -0.39 is 17.9 Å². The number of amides is 2. The average molecular weight is 388 g/mol. The molecule has 0 radical (unpaired) electrons. The van der Waals surface area contributed by atoms with Crippen LogP contribution in [0.3, 0.4) is 0 Å². The Kier molecular flexibility index (Phi) is 5.40. The highest BCUT2D eigenvalue weighted by Crippen LogP contribution is 2.22. The molecule has 2 amide bonds. The van der Waals surface area contributed by atoms with Crippen molar-refractivity contribution in [1.29, 1.82) is 0 Å². The fraction of sp³-hybridized carbons (Fsp3) is 0.105. The lowest BCUT2D eigenvalue weighted by Gasteiger charge is -2.16. The lowest BCUT2D eigenvalue weighted by Crippen LogP contribution is -2.45. The van der Waals surface area contributed by atoms with Gasteiger partial charge in [-0.15, -0.1) is 0 Å². The molecule has 7 heteroatoms. The predicted molar refractivity (Wildman–Crippen MR) is 102 cm³/mol. The van der Waals surface area contributed by atoms with E-state index in [0.717, 1.165) is 10.9 Å². The van der Waals surface area contributed by atoms with Crippen molar-refractivity contribution in [3.05, 3.63) is 75.9 Å². The standard InChI is InChI=1S/C19H15Cl2N3O2/c20-14-6-5-11(15(21)9-14)8-17(18(22)25)24-19(26)13-7-12-3-1-2-4-16(12)23-10-13/h1-7,9-10,17H,8H2,(H2,22,25)(H,24,26)/t17-/m1/s1. The Labute approximate surface area is 160 Å². The Balaban J connectivity index is 1.80. The third-order valence-corrected chi connectivity index (χ3v) is 4.53. The average Bonchev–Trinajstić information content (AvgIpc) is 2.62. The number of para-hydroxylation sites is 1. The van der Waals surface area contributed by atoms with Crippen LogP contribution in [0, 0.1) is 0 Å². The molecule has 2 aromatic carbocycles. The van der Waals surface area contributed by atoms with Gasteiger partial charge < -0.3 is 11.1 Å². The van der Waals surface area contributed by atoms with Crippen LogP contribution in [-0.2, 0) is 11.2 Å². The summed E-state index contributed by atoms with van der Waals surface area (Å²) in [6.07, 6.45) is 1.63. The zero-order chi connectivity index (χ0) is 18.7. The Morgan fingerprint density at radius 2 is 1.88 bits per heavy atom. The first-order valence-electron chi connectivity index (χ1n) is 7.83. The van der Waals surface area contributed by atoms with E-state index in [9.17, 15) is 9.59 Å². The summed E-state index contributed by atoms with van der Waals surface area (Å²) >= 11 is 12.0. The Morgan fingerprint density at radius 1 is 1.12 bits per heavy atom. The normalized spacial score (nSPS) is 11.9. The molecule has 1 heterocycles. The molecule has 26 heavy (non-hydrogen) atoms. The Bertz CT molecular complexity index is 991. The lowest BCUT2D eigenvalue weighted by atomic mass is 10.0. The fourth-order valence-electron chi connectivity index (χ4n) is 2.57. The largest absolute Gasteiger partial charge is 0.368 e. The van der Waals surface area contributed by atoms with E-state index in [4.69, 9.17) is 28.9 Å². The Hall–Kier alpha value is -2.63. The molecule has 0 unspecified atom stereocenters. The molecule has 0 aliphatic heterocycles. The van der Waals surface area contributed by atoms with Crippen LogP contribution < -0.4 is 11.1 Å². The number of aromatic nitrogens is 1. The topological polar surface area (TPSA) is 85.1 Å². The van der Waals surface area contributed by atoms with Gasteiger partial charge in [0.2, 0.25) is 5.91 Å². The van der Waals surface area contributed by atoms with E-state index in [2.05, 4.69) is 10.3 Å². The first-order chi connectivity index (χ1) is 12.4. The minimum Gasteiger partial charge on any atom is -0.368 e. The number of halogens is 2. The van der Waals surface area contributed by atoms with Gasteiger partial charge in [-0.1, -0.05) is 47.5 Å². The van der Waals surface area contributed by atoms with Crippen LogP contribution in [0.5, 0.6) is 0 Å². The van der Waals surface area contributed by atoms with E-state index in [1.54, 1.807) is 24.3 Å². The second-order valence-corrected chi connectivity index (χ2v) is 6.63. The van der Waals surface area contributed by atoms with Crippen molar-refractivity contribution in [2.45, 2.75) is 12.5 Å². The summed E-state index contributed by atoms with van der Waals surface area (Å²) in [7, 11) is 0. The minimum atomic E-state index is -0.910. The second kappa shape index (κ2) is 7.72. The number of benzene rings is 2. The van der Waals surface area contributed by atoms with Crippen molar-refractivity contribution < 1.29 is 9.59 Å². The quantitative estimate of drug-likeness (QED) is 0.703. The molecule has 0 fully saturated rings. The Morgan fingerprint density at radius 3 is 2.62 bits per heavy atom. The van der Waals surface area contributed by atoms with Crippen molar-refractivity contribution >= 4 is 45.9 Å². The molecular formula is C19H15Cl2N3O2. The molecule has 0 aliphatic rings. The summed E-state index contributed by atoms with van der Waals surface area (Å²) in [5.41, 5.74) is 7.23. The van der Waals surface area contributed by atoms with Crippen LogP contribution in [0.25, 0.3) is 10.9 Å². The zero-order valence-electron chi connectivity index (χ0n) is 13.6. The summed E-state index contributed by atoms with van der Waals surface area (Å²) in [5.74, 6) is -1.09. The number of hydrogen-bond acceptors (Lipinski definition) is 3. The molecule has 1 atom stereocenters. The maximum atomic E-state index is 12.5. The first-order valence-corrected chi connectivity index (χ1v) is 8.58. The number of pyridine rings is 1. The van der Waals surface area contributed by atoms with Crippen LogP contribution in [0.1, 0.15) is 15.9 Å². The van der Waals surface area contributed by atoms with Gasteiger partial charge >= 0.3 is 0 Å². The van der Waals surface area contributed by atoms with Gasteiger partial charge in [-0.05, 0) is 29.8 Å². The molecule has 132 valence electrons. The summed E-state index contributed by atoms with van der Waals surface area (Å²) in [4.78, 5) is 28.6. The van der Waals surface area contributed by atoms with Crippen molar-refractivity contribution in [1.82, 2.24) is 10.3 Å². The summed E-state index contributed by atoms with van der Waals surface area (Å²) in [5, 5.41) is 4.37. The van der Waals surface area contributed by atoms with E-state index in [1.807, 2.05) is 24.3 Å². The summed E-state index contributed by atoms with van der Waals surface area (Å²) in [6.45, 7) is 0. The van der Waals surface area contributed by atoms with Crippen LogP contribution in [0.4, 0.5) is 0 Å². The minimum absolute atomic E-state index is 0.165. The molecule has 3 N–H and O–H groups in total. The second-order valence-electron chi connectivity index (χ2n) is 5.78. The van der Waals surface area contributed by atoms with Crippen LogP contribution in [-0.4, -0.2) is 22.8 Å². The van der Waals surface area contributed by atoms with E-state index >= 15 is 0 Å². The third kappa shape index (κ3) is 4.12. The van der Waals surface area contributed by atoms with Crippen molar-refractivity contribution in [2.24, 2.45) is 5.73 Å². The van der Waals surface area contributed by atoms with Crippen LogP contribution in [0.2, 0.25) is 10.0 Å². The molecule has 0 saturated carbocycles. The molecule has 0 saturated heterocycles. The van der Waals surface area contributed by atoms with Crippen molar-refractivity contribution in [2.75, 3.05) is 0 Å². The smallest absolute Gasteiger partial charge is 0.253 e. The molecule has 0 spiro atoms. The number of nitrogens with two attached hydrogens (primary N) is 1. The lowest BCUT2D eigenvalue weighted by molar-refractivity contribution is -0.119. The number of primary amides is 1. The highest BCUT2D eigenvalue weighted by Gasteiger charge is 2.21. The SMILES string of the molecule is NC(=O)[C@@H](Cc1ccc(Cl)cc1Cl)NC(=O)c1cnc2ccccc2c1. The van der Waals surface area contributed by atoms with Gasteiger partial charge in [0.05, 0.1) is 11.1 Å². The highest BCUT2D eigenvalue weighted by atomic mass is 35.5. The number of carbonyl (C=O) groups excluding carboxylic acids is 2. The number of nitrogens with one attached hydrogen (secondary N) is 1. The number of carbonyl (C=O) groups is 2. The van der Waals surface area contributed by atoms with E-state index in [0.29, 0.717) is 21.2 Å². The highest BCUT2D eigenvalue weighted by molar-refractivity contribution is 6.35. The maximum Gasteiger partial charge on any atom is 0.253 e. The predicted octanol–water partition coefficient (Wildman–Crippen LogP) is 3.37. The molecule has 1 aromatic heterocycles. The summed E-state index contributed by atoms with van der Waals surface area (Å²) in [6, 6.07) is 13.2. The number of fused-ring (bicyclic) bond motifs is 1. The van der Waals surface area contributed by atoms with Crippen molar-refractivity contribution in [3.8, 4) is 0 Å². The zero-order valence-corrected chi connectivity index (χ0v) is 15.1. The van der Waals surface area contributed by atoms with E-state index in [-0.39, 0.29) is 6.42 Å². The van der Waals surface area contributed by atoms with Gasteiger partial charge in [0, 0.05) is 28.0 Å². The van der Waals surface area contributed by atoms with Gasteiger partial charge in [-0.3, -0.25) is 14.6 Å². The molecule has 0 aliphatic carbocycles. The van der Waals surface area contributed by atoms with Crippen molar-refractivity contribution in [3.63, 3.8) is 0 Å². The van der Waals surface area contributed by atoms with E-state index in [1.165, 1.54) is 6.20 Å². The van der Waals surface area contributed by atoms with Gasteiger partial charge in [0.1, 0.15) is 6.04 Å². The third-order valence-electron chi connectivity index (χ3n) is 3.94. The van der Waals surface area contributed by atoms with Crippen LogP contribution in [0.15, 0.2) is 54.7 Å².